The topological polar surface area (TPSA) is 46.5 Å². The maximum atomic E-state index is 13.0. The molecule has 0 radical (unpaired) electrons. The molecule has 1 aromatic rings. The van der Waals surface area contributed by atoms with Gasteiger partial charge in [0.25, 0.3) is 0 Å². The number of rotatable bonds is 23. The van der Waals surface area contributed by atoms with Crippen molar-refractivity contribution in [2.24, 2.45) is 5.92 Å². The monoisotopic (exact) mass is 488 g/mol. The average molecular weight is 489 g/mol. The molecule has 0 saturated carbocycles. The fourth-order valence-corrected chi connectivity index (χ4v) is 4.90. The molecule has 2 atom stereocenters. The molecule has 35 heavy (non-hydrogen) atoms. The number of phenols is 1. The second-order valence-corrected chi connectivity index (χ2v) is 10.6. The Bertz CT molecular complexity index is 627. The summed E-state index contributed by atoms with van der Waals surface area (Å²) >= 11 is 0. The normalized spacial score (nSPS) is 13.0. The van der Waals surface area contributed by atoms with Crippen LogP contribution in [-0.2, 0) is 9.53 Å². The highest BCUT2D eigenvalue weighted by Crippen LogP contribution is 2.28. The van der Waals surface area contributed by atoms with Gasteiger partial charge in [0.2, 0.25) is 0 Å². The third-order valence-electron chi connectivity index (χ3n) is 7.41. The smallest absolute Gasteiger partial charge is 0.313 e. The van der Waals surface area contributed by atoms with E-state index in [1.807, 2.05) is 12.1 Å². The Kier molecular flexibility index (Phi) is 19.6. The van der Waals surface area contributed by atoms with Gasteiger partial charge in [0, 0.05) is 0 Å². The fraction of sp³-hybridized carbons (Fsp3) is 0.781. The van der Waals surface area contributed by atoms with Crippen LogP contribution in [0.15, 0.2) is 24.3 Å². The SMILES string of the molecule is CCCCCCCCCCCCCCCCC(C(=O)OCC(CC)CCCC)c1cccc(O)c1. The number of esters is 1. The summed E-state index contributed by atoms with van der Waals surface area (Å²) < 4.78 is 5.80. The summed E-state index contributed by atoms with van der Waals surface area (Å²) in [7, 11) is 0. The van der Waals surface area contributed by atoms with Gasteiger partial charge in [0.1, 0.15) is 5.75 Å². The third kappa shape index (κ3) is 16.0. The summed E-state index contributed by atoms with van der Waals surface area (Å²) in [6.45, 7) is 7.17. The van der Waals surface area contributed by atoms with E-state index in [-0.39, 0.29) is 17.6 Å². The standard InChI is InChI=1S/C32H56O3/c1-4-7-9-10-11-12-13-14-15-16-17-18-19-20-25-31(29-23-21-24-30(33)26-29)32(34)35-27-28(6-3)22-8-5-2/h21,23-24,26,28,31,33H,4-20,22,25,27H2,1-3H3. The van der Waals surface area contributed by atoms with E-state index in [1.165, 1.54) is 89.9 Å². The lowest BCUT2D eigenvalue weighted by atomic mass is 9.92. The van der Waals surface area contributed by atoms with Crippen molar-refractivity contribution >= 4 is 5.97 Å². The molecule has 1 rings (SSSR count). The van der Waals surface area contributed by atoms with Crippen molar-refractivity contribution in [2.45, 2.75) is 149 Å². The number of carbonyl (C=O) groups excluding carboxylic acids is 1. The van der Waals surface area contributed by atoms with Gasteiger partial charge in [-0.1, -0.05) is 142 Å². The molecular formula is C32H56O3. The Hall–Kier alpha value is -1.51. The van der Waals surface area contributed by atoms with Gasteiger partial charge in [0.05, 0.1) is 12.5 Å². The lowest BCUT2D eigenvalue weighted by Gasteiger charge is -2.20. The minimum Gasteiger partial charge on any atom is -0.508 e. The van der Waals surface area contributed by atoms with Crippen molar-refractivity contribution < 1.29 is 14.6 Å². The molecule has 0 aliphatic rings. The molecule has 0 amide bonds. The zero-order valence-electron chi connectivity index (χ0n) is 23.4. The molecule has 1 aromatic carbocycles. The van der Waals surface area contributed by atoms with Crippen LogP contribution in [0.5, 0.6) is 5.75 Å². The van der Waals surface area contributed by atoms with Crippen molar-refractivity contribution in [3.63, 3.8) is 0 Å². The maximum absolute atomic E-state index is 13.0. The van der Waals surface area contributed by atoms with Gasteiger partial charge in [-0.25, -0.2) is 0 Å². The van der Waals surface area contributed by atoms with E-state index in [4.69, 9.17) is 4.74 Å². The lowest BCUT2D eigenvalue weighted by molar-refractivity contribution is -0.147. The van der Waals surface area contributed by atoms with Gasteiger partial charge >= 0.3 is 5.97 Å². The summed E-state index contributed by atoms with van der Waals surface area (Å²) in [5.74, 6) is 0.267. The molecular weight excluding hydrogens is 432 g/mol. The molecule has 0 saturated heterocycles. The van der Waals surface area contributed by atoms with E-state index >= 15 is 0 Å². The summed E-state index contributed by atoms with van der Waals surface area (Å²) in [6.07, 6.45) is 23.9. The zero-order chi connectivity index (χ0) is 25.6. The van der Waals surface area contributed by atoms with Crippen LogP contribution >= 0.6 is 0 Å². The number of benzene rings is 1. The van der Waals surface area contributed by atoms with Crippen LogP contribution in [-0.4, -0.2) is 17.7 Å². The minimum absolute atomic E-state index is 0.125. The van der Waals surface area contributed by atoms with Crippen molar-refractivity contribution in [3.8, 4) is 5.75 Å². The van der Waals surface area contributed by atoms with Crippen LogP contribution in [0.4, 0.5) is 0 Å². The van der Waals surface area contributed by atoms with Gasteiger partial charge in [-0.15, -0.1) is 0 Å². The van der Waals surface area contributed by atoms with E-state index in [0.29, 0.717) is 12.5 Å². The molecule has 1 N–H and O–H groups in total. The van der Waals surface area contributed by atoms with E-state index in [2.05, 4.69) is 20.8 Å². The van der Waals surface area contributed by atoms with Crippen LogP contribution in [0, 0.1) is 5.92 Å². The second kappa shape index (κ2) is 21.7. The Balaban J connectivity index is 2.29. The summed E-state index contributed by atoms with van der Waals surface area (Å²) in [5, 5.41) is 9.94. The van der Waals surface area contributed by atoms with Crippen molar-refractivity contribution in [1.82, 2.24) is 0 Å². The third-order valence-corrected chi connectivity index (χ3v) is 7.41. The number of aromatic hydroxyl groups is 1. The molecule has 2 unspecified atom stereocenters. The van der Waals surface area contributed by atoms with Crippen LogP contribution in [0.3, 0.4) is 0 Å². The first kappa shape index (κ1) is 31.5. The van der Waals surface area contributed by atoms with Crippen LogP contribution < -0.4 is 0 Å². The van der Waals surface area contributed by atoms with E-state index < -0.39 is 0 Å². The summed E-state index contributed by atoms with van der Waals surface area (Å²) in [4.78, 5) is 13.0. The Labute approximate surface area is 217 Å². The van der Waals surface area contributed by atoms with E-state index in [1.54, 1.807) is 12.1 Å². The molecule has 0 aliphatic heterocycles. The lowest BCUT2D eigenvalue weighted by Crippen LogP contribution is -2.20. The van der Waals surface area contributed by atoms with E-state index in [0.717, 1.165) is 37.7 Å². The van der Waals surface area contributed by atoms with Gasteiger partial charge in [-0.05, 0) is 36.5 Å². The minimum atomic E-state index is -0.275. The molecule has 3 nitrogen and oxygen atoms in total. The number of phenolic OH excluding ortho intramolecular Hbond substituents is 1. The van der Waals surface area contributed by atoms with Crippen molar-refractivity contribution in [2.75, 3.05) is 6.61 Å². The highest BCUT2D eigenvalue weighted by molar-refractivity contribution is 5.78. The highest BCUT2D eigenvalue weighted by Gasteiger charge is 2.23. The average Bonchev–Trinajstić information content (AvgIpc) is 2.86. The Morgan fingerprint density at radius 2 is 1.29 bits per heavy atom. The number of unbranched alkanes of at least 4 members (excludes halogenated alkanes) is 14. The predicted molar refractivity (Wildman–Crippen MR) is 150 cm³/mol. The Morgan fingerprint density at radius 3 is 1.80 bits per heavy atom. The largest absolute Gasteiger partial charge is 0.508 e. The van der Waals surface area contributed by atoms with Gasteiger partial charge in [-0.2, -0.15) is 0 Å². The fourth-order valence-electron chi connectivity index (χ4n) is 4.90. The number of hydrogen-bond donors (Lipinski definition) is 1. The molecule has 3 heteroatoms. The maximum Gasteiger partial charge on any atom is 0.313 e. The highest BCUT2D eigenvalue weighted by atomic mass is 16.5. The first-order valence-electron chi connectivity index (χ1n) is 15.1. The van der Waals surface area contributed by atoms with Crippen molar-refractivity contribution in [1.29, 1.82) is 0 Å². The molecule has 0 aliphatic carbocycles. The van der Waals surface area contributed by atoms with E-state index in [9.17, 15) is 9.90 Å². The quantitative estimate of drug-likeness (QED) is 0.123. The second-order valence-electron chi connectivity index (χ2n) is 10.6. The van der Waals surface area contributed by atoms with Gasteiger partial charge in [-0.3, -0.25) is 4.79 Å². The molecule has 0 heterocycles. The molecule has 202 valence electrons. The summed E-state index contributed by atoms with van der Waals surface area (Å²) in [6, 6.07) is 7.16. The van der Waals surface area contributed by atoms with Crippen molar-refractivity contribution in [3.05, 3.63) is 29.8 Å². The zero-order valence-corrected chi connectivity index (χ0v) is 23.4. The first-order valence-corrected chi connectivity index (χ1v) is 15.1. The number of carbonyl (C=O) groups is 1. The molecule has 0 fully saturated rings. The Morgan fingerprint density at radius 1 is 0.743 bits per heavy atom. The molecule has 0 bridgehead atoms. The van der Waals surface area contributed by atoms with Crippen LogP contribution in [0.2, 0.25) is 0 Å². The van der Waals surface area contributed by atoms with Crippen LogP contribution in [0.1, 0.15) is 154 Å². The molecule has 0 spiro atoms. The summed E-state index contributed by atoms with van der Waals surface area (Å²) in [5.41, 5.74) is 0.881. The number of ether oxygens (including phenoxy) is 1. The first-order chi connectivity index (χ1) is 17.1. The van der Waals surface area contributed by atoms with Gasteiger partial charge < -0.3 is 9.84 Å². The molecule has 0 aromatic heterocycles. The van der Waals surface area contributed by atoms with Gasteiger partial charge in [0.15, 0.2) is 0 Å². The predicted octanol–water partition coefficient (Wildman–Crippen LogP) is 10.1. The van der Waals surface area contributed by atoms with Crippen LogP contribution in [0.25, 0.3) is 0 Å². The number of hydrogen-bond acceptors (Lipinski definition) is 3.